The van der Waals surface area contributed by atoms with Crippen LogP contribution in [-0.2, 0) is 24.1 Å². The number of hydrogen-bond acceptors (Lipinski definition) is 8. The number of anilines is 1. The Morgan fingerprint density at radius 3 is 3.06 bits per heavy atom. The predicted molar refractivity (Wildman–Crippen MR) is 110 cm³/mol. The maximum Gasteiger partial charge on any atom is 0.425 e. The second-order valence-corrected chi connectivity index (χ2v) is 7.81. The van der Waals surface area contributed by atoms with Gasteiger partial charge in [-0.15, -0.1) is 0 Å². The Hall–Kier alpha value is -3.53. The van der Waals surface area contributed by atoms with Crippen molar-refractivity contribution >= 4 is 11.7 Å². The number of rotatable bonds is 6. The Kier molecular flexibility index (Phi) is 4.99. The minimum absolute atomic E-state index is 0.104. The lowest BCUT2D eigenvalue weighted by molar-refractivity contribution is -0.118. The third-order valence-electron chi connectivity index (χ3n) is 5.61. The highest BCUT2D eigenvalue weighted by atomic mass is 16.5. The highest BCUT2D eigenvalue weighted by Crippen LogP contribution is 2.27. The van der Waals surface area contributed by atoms with Gasteiger partial charge in [0.1, 0.15) is 5.76 Å². The maximum atomic E-state index is 12.3. The van der Waals surface area contributed by atoms with Crippen LogP contribution in [0.4, 0.5) is 5.82 Å². The largest absolute Gasteiger partial charge is 0.465 e. The average molecular weight is 422 g/mol. The second-order valence-electron chi connectivity index (χ2n) is 7.81. The lowest BCUT2D eigenvalue weighted by Gasteiger charge is -2.15. The number of pyridine rings is 1. The van der Waals surface area contributed by atoms with Crippen molar-refractivity contribution < 1.29 is 13.9 Å². The number of hydrogen-bond donors (Lipinski definition) is 2. The summed E-state index contributed by atoms with van der Waals surface area (Å²) in [6, 6.07) is 2.11. The molecule has 160 valence electrons. The molecule has 1 amide bonds. The van der Waals surface area contributed by atoms with Crippen LogP contribution in [0.2, 0.25) is 0 Å². The molecule has 1 aliphatic carbocycles. The van der Waals surface area contributed by atoms with E-state index in [0.717, 1.165) is 25.1 Å². The van der Waals surface area contributed by atoms with Gasteiger partial charge in [0.05, 0.1) is 12.4 Å². The molecular weight excluding hydrogens is 400 g/mol. The first-order chi connectivity index (χ1) is 15.1. The number of nitrogens with one attached hydrogen (secondary N) is 2. The van der Waals surface area contributed by atoms with E-state index < -0.39 is 5.76 Å². The zero-order chi connectivity index (χ0) is 21.4. The van der Waals surface area contributed by atoms with Crippen LogP contribution in [0, 0.1) is 12.8 Å². The number of amides is 1. The van der Waals surface area contributed by atoms with Gasteiger partial charge >= 0.3 is 5.76 Å². The molecule has 0 spiro atoms. The van der Waals surface area contributed by atoms with Gasteiger partial charge < -0.3 is 19.8 Å². The van der Waals surface area contributed by atoms with Gasteiger partial charge in [-0.2, -0.15) is 0 Å². The van der Waals surface area contributed by atoms with Crippen LogP contribution in [0.1, 0.15) is 22.6 Å². The quantitative estimate of drug-likeness (QED) is 0.559. The summed E-state index contributed by atoms with van der Waals surface area (Å²) in [5.74, 6) is 0.899. The third kappa shape index (κ3) is 3.93. The molecule has 0 aromatic carbocycles. The summed E-state index contributed by atoms with van der Waals surface area (Å²) in [7, 11) is 0. The van der Waals surface area contributed by atoms with E-state index in [1.54, 1.807) is 6.20 Å². The van der Waals surface area contributed by atoms with E-state index in [0.29, 0.717) is 24.6 Å². The molecule has 10 nitrogen and oxygen atoms in total. The molecule has 31 heavy (non-hydrogen) atoms. The first-order valence-electron chi connectivity index (χ1n) is 10.2. The van der Waals surface area contributed by atoms with Crippen LogP contribution in [0.5, 0.6) is 5.88 Å². The van der Waals surface area contributed by atoms with E-state index in [4.69, 9.17) is 9.15 Å². The van der Waals surface area contributed by atoms with Gasteiger partial charge in [0.2, 0.25) is 0 Å². The van der Waals surface area contributed by atoms with E-state index in [2.05, 4.69) is 38.6 Å². The number of aromatic nitrogens is 4. The molecule has 2 aliphatic rings. The average Bonchev–Trinajstić information content (AvgIpc) is 3.34. The van der Waals surface area contributed by atoms with E-state index in [1.807, 2.05) is 6.20 Å². The van der Waals surface area contributed by atoms with Crippen LogP contribution in [0.3, 0.4) is 0 Å². The third-order valence-corrected chi connectivity index (χ3v) is 5.61. The molecule has 0 fully saturated rings. The van der Waals surface area contributed by atoms with Crippen molar-refractivity contribution in [3.63, 3.8) is 0 Å². The van der Waals surface area contributed by atoms with Gasteiger partial charge in [-0.25, -0.2) is 19.3 Å². The number of nitrogens with zero attached hydrogens (tertiary/aromatic N) is 4. The zero-order valence-corrected chi connectivity index (χ0v) is 17.1. The molecule has 3 aromatic heterocycles. The monoisotopic (exact) mass is 422 g/mol. The van der Waals surface area contributed by atoms with Gasteiger partial charge in [0.25, 0.3) is 11.8 Å². The van der Waals surface area contributed by atoms with E-state index in [9.17, 15) is 9.59 Å². The van der Waals surface area contributed by atoms with E-state index >= 15 is 0 Å². The molecule has 3 aromatic rings. The summed E-state index contributed by atoms with van der Waals surface area (Å²) >= 11 is 0. The molecule has 10 heteroatoms. The van der Waals surface area contributed by atoms with Crippen LogP contribution < -0.4 is 21.1 Å². The molecule has 1 aliphatic heterocycles. The van der Waals surface area contributed by atoms with Crippen molar-refractivity contribution in [3.8, 4) is 11.7 Å². The fourth-order valence-corrected chi connectivity index (χ4v) is 4.09. The Bertz CT molecular complexity index is 1200. The molecule has 0 saturated heterocycles. The van der Waals surface area contributed by atoms with Crippen LogP contribution in [-0.4, -0.2) is 45.1 Å². The van der Waals surface area contributed by atoms with Gasteiger partial charge in [0, 0.05) is 24.9 Å². The predicted octanol–water partition coefficient (Wildman–Crippen LogP) is 0.802. The minimum atomic E-state index is -0.554. The Balaban J connectivity index is 1.18. The van der Waals surface area contributed by atoms with Gasteiger partial charge in [-0.05, 0) is 49.4 Å². The van der Waals surface area contributed by atoms with Crippen molar-refractivity contribution in [2.45, 2.75) is 26.2 Å². The second kappa shape index (κ2) is 7.95. The normalized spacial score (nSPS) is 17.1. The van der Waals surface area contributed by atoms with E-state index in [1.165, 1.54) is 21.9 Å². The number of ether oxygens (including phenoxy) is 1. The molecule has 2 N–H and O–H groups in total. The van der Waals surface area contributed by atoms with Gasteiger partial charge in [0.15, 0.2) is 18.2 Å². The zero-order valence-electron chi connectivity index (χ0n) is 17.1. The molecule has 0 bridgehead atoms. The lowest BCUT2D eigenvalue weighted by Crippen LogP contribution is -2.27. The molecular formula is C21H22N6O4. The van der Waals surface area contributed by atoms with Crippen molar-refractivity contribution in [2.24, 2.45) is 5.92 Å². The molecule has 0 saturated carbocycles. The fraction of sp³-hybridized carbons (Fsp3) is 0.381. The Morgan fingerprint density at radius 1 is 1.29 bits per heavy atom. The molecule has 5 rings (SSSR count). The maximum absolute atomic E-state index is 12.3. The number of carbonyl (C=O) groups is 1. The van der Waals surface area contributed by atoms with Crippen molar-refractivity contribution in [1.29, 1.82) is 0 Å². The van der Waals surface area contributed by atoms with Crippen LogP contribution in [0.15, 0.2) is 33.9 Å². The van der Waals surface area contributed by atoms with Crippen LogP contribution in [0.25, 0.3) is 5.82 Å². The Morgan fingerprint density at radius 2 is 2.19 bits per heavy atom. The number of oxazole rings is 1. The molecule has 1 unspecified atom stereocenters. The highest BCUT2D eigenvalue weighted by Gasteiger charge is 2.23. The van der Waals surface area contributed by atoms with E-state index in [-0.39, 0.29) is 30.0 Å². The fourth-order valence-electron chi connectivity index (χ4n) is 4.09. The molecule has 4 heterocycles. The minimum Gasteiger partial charge on any atom is -0.465 e. The standard InChI is InChI=1S/C21H22N6O4/c1-12-16-7-13(6-14(16)2-5-23-12)8-22-4-3-15-10-27(21(29)31-15)17-9-24-20-19(25-17)26-18(28)11-30-20/h2,5,9-10,13,22H,3-4,6-8,11H2,1H3,(H,25,26,28). The number of carbonyl (C=O) groups excluding carboxylic acids is 1. The number of aryl methyl sites for hydroxylation is 1. The smallest absolute Gasteiger partial charge is 0.425 e. The molecule has 1 atom stereocenters. The first-order valence-corrected chi connectivity index (χ1v) is 10.2. The SMILES string of the molecule is Cc1nccc2c1CC(CNCCc1cn(-c3cnc4c(n3)NC(=O)CO4)c(=O)o1)C2. The summed E-state index contributed by atoms with van der Waals surface area (Å²) in [6.45, 7) is 3.55. The van der Waals surface area contributed by atoms with Crippen LogP contribution >= 0.6 is 0 Å². The first kappa shape index (κ1) is 19.4. The summed E-state index contributed by atoms with van der Waals surface area (Å²) in [6.07, 6.45) is 7.57. The van der Waals surface area contributed by atoms with Crippen molar-refractivity contribution in [1.82, 2.24) is 24.8 Å². The summed E-state index contributed by atoms with van der Waals surface area (Å²) in [5, 5.41) is 6.04. The van der Waals surface area contributed by atoms with Crippen molar-refractivity contribution in [2.75, 3.05) is 25.0 Å². The lowest BCUT2D eigenvalue weighted by atomic mass is 10.1. The Labute approximate surface area is 177 Å². The van der Waals surface area contributed by atoms with Gasteiger partial charge in [-0.1, -0.05) is 0 Å². The summed E-state index contributed by atoms with van der Waals surface area (Å²) in [5.41, 5.74) is 3.90. The van der Waals surface area contributed by atoms with Crippen molar-refractivity contribution in [3.05, 3.63) is 57.8 Å². The highest BCUT2D eigenvalue weighted by molar-refractivity contribution is 5.93. The topological polar surface area (TPSA) is 124 Å². The molecule has 0 radical (unpaired) electrons. The summed E-state index contributed by atoms with van der Waals surface area (Å²) < 4.78 is 11.8. The van der Waals surface area contributed by atoms with Gasteiger partial charge in [-0.3, -0.25) is 9.78 Å². The summed E-state index contributed by atoms with van der Waals surface area (Å²) in [4.78, 5) is 36.5. The number of fused-ring (bicyclic) bond motifs is 2.